The number of halogens is 3. The van der Waals surface area contributed by atoms with Crippen LogP contribution in [0.5, 0.6) is 0 Å². The van der Waals surface area contributed by atoms with Crippen molar-refractivity contribution >= 4 is 11.6 Å². The molecule has 0 unspecified atom stereocenters. The van der Waals surface area contributed by atoms with Crippen molar-refractivity contribution < 1.29 is 8.78 Å². The molecule has 2 nitrogen and oxygen atoms in total. The summed E-state index contributed by atoms with van der Waals surface area (Å²) in [5.74, 6) is 0.0966. The van der Waals surface area contributed by atoms with Crippen molar-refractivity contribution in [2.75, 3.05) is 0 Å². The molecule has 0 saturated carbocycles. The van der Waals surface area contributed by atoms with Gasteiger partial charge in [-0.1, -0.05) is 0 Å². The quantitative estimate of drug-likeness (QED) is 0.692. The summed E-state index contributed by atoms with van der Waals surface area (Å²) in [7, 11) is 0. The Morgan fingerprint density at radius 2 is 2.31 bits per heavy atom. The molecule has 1 heterocycles. The van der Waals surface area contributed by atoms with Gasteiger partial charge >= 0.3 is 0 Å². The van der Waals surface area contributed by atoms with E-state index < -0.39 is 12.1 Å². The number of alkyl halides is 3. The van der Waals surface area contributed by atoms with Crippen LogP contribution in [-0.4, -0.2) is 4.98 Å². The van der Waals surface area contributed by atoms with Crippen LogP contribution in [0.2, 0.25) is 0 Å². The van der Waals surface area contributed by atoms with Gasteiger partial charge in [-0.15, -0.1) is 11.6 Å². The Bertz CT molecular complexity index is 346. The zero-order chi connectivity index (χ0) is 9.84. The number of aromatic nitrogens is 1. The van der Waals surface area contributed by atoms with Crippen molar-refractivity contribution in [3.8, 4) is 6.07 Å². The van der Waals surface area contributed by atoms with Gasteiger partial charge in [-0.25, -0.2) is 8.78 Å². The molecule has 0 spiro atoms. The van der Waals surface area contributed by atoms with Crippen LogP contribution in [0.15, 0.2) is 12.3 Å². The standard InChI is InChI=1S/C8H5ClF2N2/c9-2-6-4-13-7(8(10)11)1-5(6)3-12/h1,4,8H,2H2. The lowest BCUT2D eigenvalue weighted by Crippen LogP contribution is -1.95. The summed E-state index contributed by atoms with van der Waals surface area (Å²) < 4.78 is 24.2. The van der Waals surface area contributed by atoms with Crippen molar-refractivity contribution in [3.05, 3.63) is 29.1 Å². The van der Waals surface area contributed by atoms with E-state index in [1.165, 1.54) is 6.20 Å². The van der Waals surface area contributed by atoms with Gasteiger partial charge in [0.1, 0.15) is 5.69 Å². The van der Waals surface area contributed by atoms with Gasteiger partial charge in [0.05, 0.1) is 17.5 Å². The highest BCUT2D eigenvalue weighted by Crippen LogP contribution is 2.19. The maximum atomic E-state index is 12.1. The third kappa shape index (κ3) is 2.13. The van der Waals surface area contributed by atoms with Gasteiger partial charge in [-0.2, -0.15) is 5.26 Å². The molecule has 68 valence electrons. The van der Waals surface area contributed by atoms with Crippen LogP contribution in [-0.2, 0) is 5.88 Å². The van der Waals surface area contributed by atoms with Gasteiger partial charge in [0.15, 0.2) is 0 Å². The van der Waals surface area contributed by atoms with Crippen LogP contribution in [0.1, 0.15) is 23.2 Å². The molecule has 0 aromatic carbocycles. The van der Waals surface area contributed by atoms with Crippen molar-refractivity contribution in [2.24, 2.45) is 0 Å². The zero-order valence-electron chi connectivity index (χ0n) is 6.47. The zero-order valence-corrected chi connectivity index (χ0v) is 7.22. The largest absolute Gasteiger partial charge is 0.280 e. The molecule has 1 aromatic rings. The van der Waals surface area contributed by atoms with Gasteiger partial charge in [-0.05, 0) is 6.07 Å². The minimum Gasteiger partial charge on any atom is -0.255 e. The van der Waals surface area contributed by atoms with E-state index in [4.69, 9.17) is 16.9 Å². The fourth-order valence-electron chi connectivity index (χ4n) is 0.830. The molecule has 1 rings (SSSR count). The van der Waals surface area contributed by atoms with E-state index in [-0.39, 0.29) is 11.4 Å². The van der Waals surface area contributed by atoms with Crippen molar-refractivity contribution in [3.63, 3.8) is 0 Å². The number of pyridine rings is 1. The second-order valence-electron chi connectivity index (χ2n) is 2.31. The first-order valence-corrected chi connectivity index (χ1v) is 3.95. The molecule has 1 aromatic heterocycles. The predicted molar refractivity (Wildman–Crippen MR) is 43.5 cm³/mol. The summed E-state index contributed by atoms with van der Waals surface area (Å²) in [6.45, 7) is 0. The minimum atomic E-state index is -2.66. The van der Waals surface area contributed by atoms with Crippen LogP contribution in [0.4, 0.5) is 8.78 Å². The lowest BCUT2D eigenvalue weighted by atomic mass is 10.1. The highest BCUT2D eigenvalue weighted by molar-refractivity contribution is 6.17. The summed E-state index contributed by atoms with van der Waals surface area (Å²) in [6.07, 6.45) is -1.45. The fourth-order valence-corrected chi connectivity index (χ4v) is 1.04. The number of nitriles is 1. The van der Waals surface area contributed by atoms with Crippen molar-refractivity contribution in [2.45, 2.75) is 12.3 Å². The topological polar surface area (TPSA) is 36.7 Å². The highest BCUT2D eigenvalue weighted by atomic mass is 35.5. The Morgan fingerprint density at radius 1 is 1.62 bits per heavy atom. The van der Waals surface area contributed by atoms with E-state index in [1.807, 2.05) is 0 Å². The summed E-state index contributed by atoms with van der Waals surface area (Å²) in [4.78, 5) is 3.47. The molecule has 0 aliphatic carbocycles. The Labute approximate surface area is 78.8 Å². The first-order valence-electron chi connectivity index (χ1n) is 3.42. The molecule has 0 aliphatic heterocycles. The molecule has 0 fully saturated rings. The van der Waals surface area contributed by atoms with E-state index in [2.05, 4.69) is 4.98 Å². The molecular formula is C8H5ClF2N2. The summed E-state index contributed by atoms with van der Waals surface area (Å²) in [5, 5.41) is 8.57. The third-order valence-electron chi connectivity index (χ3n) is 1.50. The highest BCUT2D eigenvalue weighted by Gasteiger charge is 2.11. The molecule has 0 radical (unpaired) electrons. The van der Waals surface area contributed by atoms with Gasteiger partial charge in [0, 0.05) is 11.8 Å². The molecule has 0 atom stereocenters. The van der Waals surface area contributed by atoms with Crippen LogP contribution in [0.25, 0.3) is 0 Å². The van der Waals surface area contributed by atoms with Crippen LogP contribution >= 0.6 is 11.6 Å². The maximum absolute atomic E-state index is 12.1. The molecule has 5 heteroatoms. The molecule has 0 amide bonds. The Hall–Kier alpha value is -1.21. The third-order valence-corrected chi connectivity index (χ3v) is 1.78. The van der Waals surface area contributed by atoms with Crippen molar-refractivity contribution in [1.82, 2.24) is 4.98 Å². The molecule has 0 N–H and O–H groups in total. The molecule has 0 aliphatic rings. The molecule has 13 heavy (non-hydrogen) atoms. The lowest BCUT2D eigenvalue weighted by molar-refractivity contribution is 0.146. The number of nitrogens with zero attached hydrogens (tertiary/aromatic N) is 2. The van der Waals surface area contributed by atoms with E-state index >= 15 is 0 Å². The van der Waals surface area contributed by atoms with Crippen LogP contribution in [0, 0.1) is 11.3 Å². The Morgan fingerprint density at radius 3 is 2.77 bits per heavy atom. The Balaban J connectivity index is 3.15. The first-order chi connectivity index (χ1) is 6.19. The smallest absolute Gasteiger partial charge is 0.255 e. The molecular weight excluding hydrogens is 198 g/mol. The first kappa shape index (κ1) is 9.87. The average molecular weight is 203 g/mol. The number of hydrogen-bond donors (Lipinski definition) is 0. The summed E-state index contributed by atoms with van der Waals surface area (Å²) in [5.41, 5.74) is 0.222. The summed E-state index contributed by atoms with van der Waals surface area (Å²) in [6, 6.07) is 2.84. The van der Waals surface area contributed by atoms with E-state index in [0.29, 0.717) is 5.56 Å². The van der Waals surface area contributed by atoms with Gasteiger partial charge in [0.25, 0.3) is 6.43 Å². The second kappa shape index (κ2) is 4.15. The number of rotatable bonds is 2. The van der Waals surface area contributed by atoms with Gasteiger partial charge in [-0.3, -0.25) is 4.98 Å². The molecule has 0 saturated heterocycles. The monoisotopic (exact) mass is 202 g/mol. The van der Waals surface area contributed by atoms with E-state index in [9.17, 15) is 8.78 Å². The van der Waals surface area contributed by atoms with Gasteiger partial charge in [0.2, 0.25) is 0 Å². The predicted octanol–water partition coefficient (Wildman–Crippen LogP) is 2.63. The Kier molecular flexibility index (Phi) is 3.15. The molecule has 0 bridgehead atoms. The lowest BCUT2D eigenvalue weighted by Gasteiger charge is -2.01. The minimum absolute atomic E-state index is 0.0966. The summed E-state index contributed by atoms with van der Waals surface area (Å²) >= 11 is 5.46. The maximum Gasteiger partial charge on any atom is 0.280 e. The number of hydrogen-bond acceptors (Lipinski definition) is 2. The second-order valence-corrected chi connectivity index (χ2v) is 2.58. The van der Waals surface area contributed by atoms with E-state index in [0.717, 1.165) is 6.07 Å². The fraction of sp³-hybridized carbons (Fsp3) is 0.250. The van der Waals surface area contributed by atoms with E-state index in [1.54, 1.807) is 6.07 Å². The normalized spacial score (nSPS) is 10.1. The van der Waals surface area contributed by atoms with Crippen LogP contribution < -0.4 is 0 Å². The van der Waals surface area contributed by atoms with Crippen LogP contribution in [0.3, 0.4) is 0 Å². The van der Waals surface area contributed by atoms with Gasteiger partial charge < -0.3 is 0 Å². The average Bonchev–Trinajstić information content (AvgIpc) is 2.16. The SMILES string of the molecule is N#Cc1cc(C(F)F)ncc1CCl. The van der Waals surface area contributed by atoms with Crippen molar-refractivity contribution in [1.29, 1.82) is 5.26 Å².